The molecule has 1 aromatic carbocycles. The van der Waals surface area contributed by atoms with Crippen molar-refractivity contribution in [1.82, 2.24) is 5.32 Å². The Labute approximate surface area is 108 Å². The van der Waals surface area contributed by atoms with E-state index < -0.39 is 17.5 Å². The van der Waals surface area contributed by atoms with E-state index in [0.29, 0.717) is 25.1 Å². The summed E-state index contributed by atoms with van der Waals surface area (Å²) < 4.78 is 38.8. The number of nitrogens with one attached hydrogen (secondary N) is 2. The van der Waals surface area contributed by atoms with Crippen LogP contribution in [-0.4, -0.2) is 19.0 Å². The Kier molecular flexibility index (Phi) is 4.98. The first-order chi connectivity index (χ1) is 8.08. The summed E-state index contributed by atoms with van der Waals surface area (Å²) in [7, 11) is 0. The Morgan fingerprint density at radius 3 is 2.50 bits per heavy atom. The first kappa shape index (κ1) is 14.8. The van der Waals surface area contributed by atoms with Gasteiger partial charge in [0.2, 0.25) is 5.91 Å². The summed E-state index contributed by atoms with van der Waals surface area (Å²) in [5.74, 6) is -4.10. The number of hydrogen-bond acceptors (Lipinski definition) is 2. The lowest BCUT2D eigenvalue weighted by Gasteiger charge is -2.10. The Balaban J connectivity index is 0.00000162. The molecule has 2 N–H and O–H groups in total. The van der Waals surface area contributed by atoms with Crippen LogP contribution in [0.1, 0.15) is 6.42 Å². The van der Waals surface area contributed by atoms with Crippen LogP contribution in [0.15, 0.2) is 12.1 Å². The molecular weight excluding hydrogens is 269 g/mol. The second-order valence-electron chi connectivity index (χ2n) is 3.93. The smallest absolute Gasteiger partial charge is 0.228 e. The molecule has 1 aliphatic heterocycles. The van der Waals surface area contributed by atoms with Gasteiger partial charge >= 0.3 is 0 Å². The molecule has 3 nitrogen and oxygen atoms in total. The number of carbonyl (C=O) groups is 1. The highest BCUT2D eigenvalue weighted by atomic mass is 35.5. The second kappa shape index (κ2) is 6.06. The molecule has 1 fully saturated rings. The van der Waals surface area contributed by atoms with Gasteiger partial charge in [-0.2, -0.15) is 0 Å². The molecule has 1 aromatic rings. The molecular formula is C11H12ClF3N2O. The van der Waals surface area contributed by atoms with Crippen molar-refractivity contribution in [3.8, 4) is 0 Å². The van der Waals surface area contributed by atoms with E-state index >= 15 is 0 Å². The molecule has 0 saturated carbocycles. The third-order valence-corrected chi connectivity index (χ3v) is 2.70. The first-order valence-electron chi connectivity index (χ1n) is 5.24. The minimum atomic E-state index is -1.27. The Morgan fingerprint density at radius 2 is 1.89 bits per heavy atom. The summed E-state index contributed by atoms with van der Waals surface area (Å²) in [6, 6.07) is 1.06. The molecule has 100 valence electrons. The molecule has 1 heterocycles. The number of halogens is 4. The maximum Gasteiger partial charge on any atom is 0.228 e. The third-order valence-electron chi connectivity index (χ3n) is 2.70. The van der Waals surface area contributed by atoms with E-state index in [1.165, 1.54) is 0 Å². The standard InChI is InChI=1S/C11H11F3N2O.ClH/c12-7-3-9(14)10(4-8(7)13)16-11(17)6-1-2-15-5-6;/h3-4,6,15H,1-2,5H2,(H,16,17);1H. The molecule has 0 radical (unpaired) electrons. The van der Waals surface area contributed by atoms with E-state index in [4.69, 9.17) is 0 Å². The van der Waals surface area contributed by atoms with Gasteiger partial charge in [-0.15, -0.1) is 12.4 Å². The normalized spacial score (nSPS) is 18.3. The number of benzene rings is 1. The van der Waals surface area contributed by atoms with E-state index in [-0.39, 0.29) is 29.9 Å². The van der Waals surface area contributed by atoms with Crippen LogP contribution in [0.3, 0.4) is 0 Å². The Morgan fingerprint density at radius 1 is 1.22 bits per heavy atom. The summed E-state index contributed by atoms with van der Waals surface area (Å²) in [6.45, 7) is 1.23. The van der Waals surface area contributed by atoms with Gasteiger partial charge in [-0.1, -0.05) is 0 Å². The monoisotopic (exact) mass is 280 g/mol. The van der Waals surface area contributed by atoms with E-state index in [1.807, 2.05) is 0 Å². The third kappa shape index (κ3) is 3.14. The predicted molar refractivity (Wildman–Crippen MR) is 63.2 cm³/mol. The predicted octanol–water partition coefficient (Wildman–Crippen LogP) is 2.07. The van der Waals surface area contributed by atoms with E-state index in [9.17, 15) is 18.0 Å². The summed E-state index contributed by atoms with van der Waals surface area (Å²) in [4.78, 5) is 11.6. The van der Waals surface area contributed by atoms with Gasteiger partial charge in [0, 0.05) is 18.7 Å². The number of carbonyl (C=O) groups excluding carboxylic acids is 1. The van der Waals surface area contributed by atoms with Gasteiger partial charge in [-0.05, 0) is 13.0 Å². The van der Waals surface area contributed by atoms with Crippen molar-refractivity contribution in [2.45, 2.75) is 6.42 Å². The highest BCUT2D eigenvalue weighted by Gasteiger charge is 2.23. The van der Waals surface area contributed by atoms with Crippen molar-refractivity contribution >= 4 is 24.0 Å². The topological polar surface area (TPSA) is 41.1 Å². The zero-order chi connectivity index (χ0) is 12.4. The average molecular weight is 281 g/mol. The maximum atomic E-state index is 13.2. The number of amides is 1. The van der Waals surface area contributed by atoms with Crippen LogP contribution in [0.2, 0.25) is 0 Å². The molecule has 0 aliphatic carbocycles. The lowest BCUT2D eigenvalue weighted by atomic mass is 10.1. The highest BCUT2D eigenvalue weighted by Crippen LogP contribution is 2.20. The molecule has 2 rings (SSSR count). The van der Waals surface area contributed by atoms with Crippen molar-refractivity contribution in [3.05, 3.63) is 29.6 Å². The van der Waals surface area contributed by atoms with Gasteiger partial charge in [0.15, 0.2) is 11.6 Å². The number of rotatable bonds is 2. The van der Waals surface area contributed by atoms with Crippen LogP contribution < -0.4 is 10.6 Å². The van der Waals surface area contributed by atoms with Crippen LogP contribution in [0, 0.1) is 23.4 Å². The second-order valence-corrected chi connectivity index (χ2v) is 3.93. The quantitative estimate of drug-likeness (QED) is 0.815. The summed E-state index contributed by atoms with van der Waals surface area (Å²) in [6.07, 6.45) is 0.650. The fraction of sp³-hybridized carbons (Fsp3) is 0.364. The number of hydrogen-bond donors (Lipinski definition) is 2. The van der Waals surface area contributed by atoms with Crippen LogP contribution in [0.5, 0.6) is 0 Å². The zero-order valence-electron chi connectivity index (χ0n) is 9.30. The SMILES string of the molecule is Cl.O=C(Nc1cc(F)c(F)cc1F)C1CCNC1. The zero-order valence-corrected chi connectivity index (χ0v) is 10.1. The van der Waals surface area contributed by atoms with Crippen molar-refractivity contribution < 1.29 is 18.0 Å². The van der Waals surface area contributed by atoms with Crippen LogP contribution >= 0.6 is 12.4 Å². The highest BCUT2D eigenvalue weighted by molar-refractivity contribution is 5.93. The molecule has 1 atom stereocenters. The van der Waals surface area contributed by atoms with Crippen molar-refractivity contribution in [2.24, 2.45) is 5.92 Å². The molecule has 18 heavy (non-hydrogen) atoms. The molecule has 7 heteroatoms. The van der Waals surface area contributed by atoms with E-state index in [0.717, 1.165) is 6.54 Å². The molecule has 1 amide bonds. The van der Waals surface area contributed by atoms with Crippen LogP contribution in [0.25, 0.3) is 0 Å². The largest absolute Gasteiger partial charge is 0.323 e. The Bertz CT molecular complexity index is 450. The van der Waals surface area contributed by atoms with E-state index in [2.05, 4.69) is 10.6 Å². The van der Waals surface area contributed by atoms with Crippen molar-refractivity contribution in [3.63, 3.8) is 0 Å². The van der Waals surface area contributed by atoms with Gasteiger partial charge in [-0.3, -0.25) is 4.79 Å². The Hall–Kier alpha value is -1.27. The van der Waals surface area contributed by atoms with Crippen LogP contribution in [0.4, 0.5) is 18.9 Å². The fourth-order valence-corrected chi connectivity index (χ4v) is 1.73. The number of anilines is 1. The van der Waals surface area contributed by atoms with Crippen LogP contribution in [-0.2, 0) is 4.79 Å². The fourth-order valence-electron chi connectivity index (χ4n) is 1.73. The first-order valence-corrected chi connectivity index (χ1v) is 5.24. The molecule has 1 saturated heterocycles. The molecule has 0 aromatic heterocycles. The van der Waals surface area contributed by atoms with E-state index in [1.54, 1.807) is 0 Å². The van der Waals surface area contributed by atoms with Crippen molar-refractivity contribution in [2.75, 3.05) is 18.4 Å². The summed E-state index contributed by atoms with van der Waals surface area (Å²) >= 11 is 0. The van der Waals surface area contributed by atoms with Gasteiger partial charge in [0.05, 0.1) is 11.6 Å². The molecule has 1 unspecified atom stereocenters. The summed E-state index contributed by atoms with van der Waals surface area (Å²) in [5.41, 5.74) is -0.333. The average Bonchev–Trinajstić information content (AvgIpc) is 2.79. The lowest BCUT2D eigenvalue weighted by Crippen LogP contribution is -2.25. The van der Waals surface area contributed by atoms with Gasteiger partial charge in [0.1, 0.15) is 5.82 Å². The van der Waals surface area contributed by atoms with Gasteiger partial charge < -0.3 is 10.6 Å². The van der Waals surface area contributed by atoms with Gasteiger partial charge in [0.25, 0.3) is 0 Å². The maximum absolute atomic E-state index is 13.2. The lowest BCUT2D eigenvalue weighted by molar-refractivity contribution is -0.119. The molecule has 0 spiro atoms. The van der Waals surface area contributed by atoms with Crippen molar-refractivity contribution in [1.29, 1.82) is 0 Å². The summed E-state index contributed by atoms with van der Waals surface area (Å²) in [5, 5.41) is 5.25. The molecule has 1 aliphatic rings. The minimum Gasteiger partial charge on any atom is -0.323 e. The molecule has 0 bridgehead atoms. The van der Waals surface area contributed by atoms with Gasteiger partial charge in [-0.25, -0.2) is 13.2 Å². The minimum absolute atomic E-state index is 0.